The van der Waals surface area contributed by atoms with Crippen molar-refractivity contribution in [2.75, 3.05) is 25.2 Å². The average Bonchev–Trinajstić information content (AvgIpc) is 2.36. The minimum Gasteiger partial charge on any atom is -0.468 e. The Hall–Kier alpha value is -1.28. The van der Waals surface area contributed by atoms with E-state index in [1.165, 1.54) is 18.9 Å². The SMILES string of the molecule is COC(=O)C(N)CSCC(=O)NC(=O)NCCC(C)C. The standard InChI is InChI=1S/C12H23N3O4S/c1-8(2)4-5-14-12(18)15-10(16)7-20-6-9(13)11(17)19-3/h8-9H,4-7,13H2,1-3H3,(H2,14,15,16,18). The van der Waals surface area contributed by atoms with Gasteiger partial charge in [-0.25, -0.2) is 4.79 Å². The van der Waals surface area contributed by atoms with Crippen molar-refractivity contribution in [1.82, 2.24) is 10.6 Å². The zero-order valence-electron chi connectivity index (χ0n) is 12.1. The number of carbonyl (C=O) groups excluding carboxylic acids is 3. The summed E-state index contributed by atoms with van der Waals surface area (Å²) in [6.45, 7) is 4.62. The number of hydrogen-bond donors (Lipinski definition) is 3. The van der Waals surface area contributed by atoms with E-state index < -0.39 is 23.9 Å². The number of rotatable bonds is 8. The Bertz CT molecular complexity index is 337. The van der Waals surface area contributed by atoms with Crippen LogP contribution in [0.25, 0.3) is 0 Å². The van der Waals surface area contributed by atoms with Gasteiger partial charge in [0.2, 0.25) is 5.91 Å². The Balaban J connectivity index is 3.72. The largest absolute Gasteiger partial charge is 0.468 e. The summed E-state index contributed by atoms with van der Waals surface area (Å²) in [7, 11) is 1.25. The van der Waals surface area contributed by atoms with Crippen molar-refractivity contribution in [3.63, 3.8) is 0 Å². The molecule has 20 heavy (non-hydrogen) atoms. The van der Waals surface area contributed by atoms with Gasteiger partial charge in [0.05, 0.1) is 12.9 Å². The van der Waals surface area contributed by atoms with Crippen LogP contribution in [0.3, 0.4) is 0 Å². The van der Waals surface area contributed by atoms with Crippen molar-refractivity contribution in [2.45, 2.75) is 26.3 Å². The lowest BCUT2D eigenvalue weighted by molar-refractivity contribution is -0.141. The summed E-state index contributed by atoms with van der Waals surface area (Å²) in [5.74, 6) is -0.142. The molecule has 0 aliphatic rings. The number of nitrogens with two attached hydrogens (primary N) is 1. The number of esters is 1. The predicted octanol–water partition coefficient (Wildman–Crippen LogP) is 0.0918. The molecule has 1 atom stereocenters. The highest BCUT2D eigenvalue weighted by atomic mass is 32.2. The Morgan fingerprint density at radius 2 is 1.95 bits per heavy atom. The molecule has 0 rings (SSSR count). The summed E-state index contributed by atoms with van der Waals surface area (Å²) in [6.07, 6.45) is 0.852. The van der Waals surface area contributed by atoms with Crippen LogP contribution in [0.5, 0.6) is 0 Å². The monoisotopic (exact) mass is 305 g/mol. The average molecular weight is 305 g/mol. The van der Waals surface area contributed by atoms with E-state index in [4.69, 9.17) is 5.73 Å². The molecule has 0 fully saturated rings. The lowest BCUT2D eigenvalue weighted by atomic mass is 10.1. The van der Waals surface area contributed by atoms with Gasteiger partial charge in [-0.15, -0.1) is 11.8 Å². The van der Waals surface area contributed by atoms with Gasteiger partial charge in [-0.05, 0) is 12.3 Å². The van der Waals surface area contributed by atoms with E-state index in [1.807, 2.05) is 13.8 Å². The third-order valence-corrected chi connectivity index (χ3v) is 3.36. The van der Waals surface area contributed by atoms with Crippen LogP contribution in [-0.2, 0) is 14.3 Å². The molecule has 0 radical (unpaired) electrons. The van der Waals surface area contributed by atoms with E-state index in [0.29, 0.717) is 12.5 Å². The van der Waals surface area contributed by atoms with Crippen LogP contribution in [0.1, 0.15) is 20.3 Å². The van der Waals surface area contributed by atoms with Gasteiger partial charge in [0.15, 0.2) is 0 Å². The van der Waals surface area contributed by atoms with Crippen molar-refractivity contribution < 1.29 is 19.1 Å². The first-order valence-corrected chi connectivity index (χ1v) is 7.51. The molecule has 0 aliphatic heterocycles. The second-order valence-corrected chi connectivity index (χ2v) is 5.66. The van der Waals surface area contributed by atoms with Crippen molar-refractivity contribution in [1.29, 1.82) is 0 Å². The molecule has 7 nitrogen and oxygen atoms in total. The molecule has 0 saturated carbocycles. The molecule has 0 aromatic heterocycles. The molecule has 1 unspecified atom stereocenters. The number of nitrogens with one attached hydrogen (secondary N) is 2. The molecule has 116 valence electrons. The number of carbonyl (C=O) groups is 3. The number of thioether (sulfide) groups is 1. The van der Waals surface area contributed by atoms with E-state index in [1.54, 1.807) is 0 Å². The molecular formula is C12H23N3O4S. The number of imide groups is 1. The highest BCUT2D eigenvalue weighted by molar-refractivity contribution is 8.00. The van der Waals surface area contributed by atoms with Crippen LogP contribution < -0.4 is 16.4 Å². The van der Waals surface area contributed by atoms with E-state index in [9.17, 15) is 14.4 Å². The van der Waals surface area contributed by atoms with Crippen LogP contribution >= 0.6 is 11.8 Å². The van der Waals surface area contributed by atoms with Crippen LogP contribution in [0.15, 0.2) is 0 Å². The molecule has 8 heteroatoms. The maximum Gasteiger partial charge on any atom is 0.323 e. The number of methoxy groups -OCH3 is 1. The van der Waals surface area contributed by atoms with Gasteiger partial charge in [-0.3, -0.25) is 14.9 Å². The van der Waals surface area contributed by atoms with Gasteiger partial charge < -0.3 is 15.8 Å². The van der Waals surface area contributed by atoms with Gasteiger partial charge >= 0.3 is 12.0 Å². The first-order chi connectivity index (χ1) is 9.36. The fourth-order valence-corrected chi connectivity index (χ4v) is 1.94. The van der Waals surface area contributed by atoms with Crippen molar-refractivity contribution in [2.24, 2.45) is 11.7 Å². The maximum atomic E-state index is 11.4. The Kier molecular flexibility index (Phi) is 9.83. The zero-order valence-corrected chi connectivity index (χ0v) is 12.9. The number of hydrogen-bond acceptors (Lipinski definition) is 6. The summed E-state index contributed by atoms with van der Waals surface area (Å²) >= 11 is 1.17. The minimum absolute atomic E-state index is 0.0578. The first kappa shape index (κ1) is 18.7. The third kappa shape index (κ3) is 9.62. The van der Waals surface area contributed by atoms with Gasteiger partial charge in [-0.1, -0.05) is 13.8 Å². The molecule has 0 aromatic carbocycles. The summed E-state index contributed by atoms with van der Waals surface area (Å²) < 4.78 is 4.46. The summed E-state index contributed by atoms with van der Waals surface area (Å²) in [6, 6.07) is -1.27. The fourth-order valence-electron chi connectivity index (χ4n) is 1.18. The minimum atomic E-state index is -0.766. The highest BCUT2D eigenvalue weighted by Gasteiger charge is 2.14. The van der Waals surface area contributed by atoms with Gasteiger partial charge in [0.25, 0.3) is 0 Å². The molecule has 0 aliphatic carbocycles. The summed E-state index contributed by atoms with van der Waals surface area (Å²) in [5, 5.41) is 4.80. The van der Waals surface area contributed by atoms with Crippen LogP contribution in [-0.4, -0.2) is 49.1 Å². The molecule has 0 heterocycles. The highest BCUT2D eigenvalue weighted by Crippen LogP contribution is 2.02. The predicted molar refractivity (Wildman–Crippen MR) is 78.3 cm³/mol. The Labute approximate surface area is 123 Å². The molecule has 0 spiro atoms. The summed E-state index contributed by atoms with van der Waals surface area (Å²) in [4.78, 5) is 33.8. The topological polar surface area (TPSA) is 111 Å². The lowest BCUT2D eigenvalue weighted by Gasteiger charge is -2.09. The van der Waals surface area contributed by atoms with Crippen molar-refractivity contribution in [3.8, 4) is 0 Å². The number of urea groups is 1. The molecule has 4 N–H and O–H groups in total. The van der Waals surface area contributed by atoms with Crippen LogP contribution in [0.2, 0.25) is 0 Å². The van der Waals surface area contributed by atoms with E-state index in [2.05, 4.69) is 15.4 Å². The maximum absolute atomic E-state index is 11.4. The lowest BCUT2D eigenvalue weighted by Crippen LogP contribution is -2.41. The molecular weight excluding hydrogens is 282 g/mol. The second-order valence-electron chi connectivity index (χ2n) is 4.63. The van der Waals surface area contributed by atoms with E-state index in [0.717, 1.165) is 6.42 Å². The number of amides is 3. The second kappa shape index (κ2) is 10.5. The molecule has 3 amide bonds. The van der Waals surface area contributed by atoms with Crippen LogP contribution in [0, 0.1) is 5.92 Å². The zero-order chi connectivity index (χ0) is 15.5. The Morgan fingerprint density at radius 1 is 1.30 bits per heavy atom. The fraction of sp³-hybridized carbons (Fsp3) is 0.750. The van der Waals surface area contributed by atoms with E-state index >= 15 is 0 Å². The first-order valence-electron chi connectivity index (χ1n) is 6.35. The van der Waals surface area contributed by atoms with Gasteiger partial charge in [0, 0.05) is 12.3 Å². The van der Waals surface area contributed by atoms with Crippen LogP contribution in [0.4, 0.5) is 4.79 Å². The van der Waals surface area contributed by atoms with Crippen molar-refractivity contribution >= 4 is 29.7 Å². The smallest absolute Gasteiger partial charge is 0.323 e. The molecule has 0 bridgehead atoms. The summed E-state index contributed by atoms with van der Waals surface area (Å²) in [5.41, 5.74) is 5.50. The quantitative estimate of drug-likeness (QED) is 0.548. The van der Waals surface area contributed by atoms with E-state index in [-0.39, 0.29) is 11.5 Å². The Morgan fingerprint density at radius 3 is 2.50 bits per heavy atom. The van der Waals surface area contributed by atoms with Gasteiger partial charge in [-0.2, -0.15) is 0 Å². The number of ether oxygens (including phenoxy) is 1. The normalized spacial score (nSPS) is 11.8. The third-order valence-electron chi connectivity index (χ3n) is 2.29. The molecule has 0 saturated heterocycles. The molecule has 0 aromatic rings. The van der Waals surface area contributed by atoms with Gasteiger partial charge in [0.1, 0.15) is 6.04 Å². The van der Waals surface area contributed by atoms with Crippen molar-refractivity contribution in [3.05, 3.63) is 0 Å².